The summed E-state index contributed by atoms with van der Waals surface area (Å²) >= 11 is 7.52. The van der Waals surface area contributed by atoms with Crippen LogP contribution in [0.25, 0.3) is 0 Å². The second kappa shape index (κ2) is 16.1. The van der Waals surface area contributed by atoms with Crippen molar-refractivity contribution in [3.63, 3.8) is 0 Å². The van der Waals surface area contributed by atoms with Gasteiger partial charge in [0, 0.05) is 5.75 Å². The first-order valence-corrected chi connectivity index (χ1v) is 15.6. The van der Waals surface area contributed by atoms with Gasteiger partial charge in [0.1, 0.15) is 47.8 Å². The number of halogens is 1. The summed E-state index contributed by atoms with van der Waals surface area (Å²) in [6, 6.07) is 4.80. The van der Waals surface area contributed by atoms with Gasteiger partial charge in [-0.1, -0.05) is 44.7 Å². The van der Waals surface area contributed by atoms with Crippen LogP contribution >= 0.6 is 23.4 Å². The van der Waals surface area contributed by atoms with E-state index >= 15 is 0 Å². The van der Waals surface area contributed by atoms with Crippen molar-refractivity contribution in [3.05, 3.63) is 29.8 Å². The van der Waals surface area contributed by atoms with Gasteiger partial charge in [-0.15, -0.1) is 23.4 Å². The zero-order valence-corrected chi connectivity index (χ0v) is 24.7. The average molecular weight is 603 g/mol. The highest BCUT2D eigenvalue weighted by Crippen LogP contribution is 2.32. The van der Waals surface area contributed by atoms with Crippen molar-refractivity contribution in [2.24, 2.45) is 5.92 Å². The van der Waals surface area contributed by atoms with Gasteiger partial charge in [0.05, 0.1) is 17.5 Å². The second-order valence-electron chi connectivity index (χ2n) is 10.6. The Labute approximate surface area is 245 Å². The number of hydrogen-bond acceptors (Lipinski definition) is 10. The molecule has 2 fully saturated rings. The Kier molecular flexibility index (Phi) is 13.3. The maximum Gasteiger partial charge on any atom is 0.341 e. The van der Waals surface area contributed by atoms with Crippen molar-refractivity contribution in [2.45, 2.75) is 99.7 Å². The SMILES string of the molecule is CCCCCC[C@H]1CN[C@H](C(=O)N[C@@H]([C@H]2O[C@H](SCCOC(=O)c3ccccc3O)[C@H](O)[C@@H](O)[C@H]2O)[C@H](C)Cl)C1. The molecule has 226 valence electrons. The summed E-state index contributed by atoms with van der Waals surface area (Å²) < 4.78 is 11.2. The fourth-order valence-electron chi connectivity index (χ4n) is 5.14. The summed E-state index contributed by atoms with van der Waals surface area (Å²) in [5.74, 6) is -0.501. The number of aliphatic hydroxyl groups is 3. The number of nitrogens with one attached hydrogen (secondary N) is 2. The van der Waals surface area contributed by atoms with Crippen molar-refractivity contribution < 1.29 is 39.5 Å². The largest absolute Gasteiger partial charge is 0.507 e. The Morgan fingerprint density at radius 2 is 1.93 bits per heavy atom. The van der Waals surface area contributed by atoms with Crippen molar-refractivity contribution in [1.29, 1.82) is 0 Å². The molecule has 0 aliphatic carbocycles. The number of alkyl halides is 1. The van der Waals surface area contributed by atoms with Gasteiger partial charge >= 0.3 is 5.97 Å². The van der Waals surface area contributed by atoms with Crippen LogP contribution in [0.1, 0.15) is 62.7 Å². The molecular weight excluding hydrogens is 560 g/mol. The first-order valence-electron chi connectivity index (χ1n) is 14.1. The lowest BCUT2D eigenvalue weighted by molar-refractivity contribution is -0.205. The van der Waals surface area contributed by atoms with Gasteiger partial charge in [-0.2, -0.15) is 0 Å². The number of aliphatic hydroxyl groups excluding tert-OH is 3. The van der Waals surface area contributed by atoms with E-state index in [-0.39, 0.29) is 35.6 Å². The topological polar surface area (TPSA) is 158 Å². The highest BCUT2D eigenvalue weighted by molar-refractivity contribution is 7.99. The van der Waals surface area contributed by atoms with E-state index in [4.69, 9.17) is 21.1 Å². The van der Waals surface area contributed by atoms with Crippen LogP contribution in [0.4, 0.5) is 0 Å². The molecule has 3 rings (SSSR count). The molecule has 2 aliphatic rings. The van der Waals surface area contributed by atoms with Crippen LogP contribution in [0.15, 0.2) is 24.3 Å². The Morgan fingerprint density at radius 3 is 2.62 bits per heavy atom. The van der Waals surface area contributed by atoms with Crippen LogP contribution in [-0.2, 0) is 14.3 Å². The number of aromatic hydroxyl groups is 1. The van der Waals surface area contributed by atoms with Crippen LogP contribution in [0.3, 0.4) is 0 Å². The number of para-hydroxylation sites is 1. The maximum atomic E-state index is 13.1. The lowest BCUT2D eigenvalue weighted by Gasteiger charge is -2.44. The van der Waals surface area contributed by atoms with E-state index in [1.165, 1.54) is 31.4 Å². The Bertz CT molecular complexity index is 957. The van der Waals surface area contributed by atoms with E-state index in [1.54, 1.807) is 19.1 Å². The van der Waals surface area contributed by atoms with Crippen molar-refractivity contribution >= 4 is 35.2 Å². The van der Waals surface area contributed by atoms with Crippen molar-refractivity contribution in [2.75, 3.05) is 18.9 Å². The van der Waals surface area contributed by atoms with E-state index < -0.39 is 47.2 Å². The Morgan fingerprint density at radius 1 is 1.18 bits per heavy atom. The first kappa shape index (κ1) is 32.9. The normalized spacial score (nSPS) is 30.0. The number of amides is 1. The quantitative estimate of drug-likeness (QED) is 0.106. The van der Waals surface area contributed by atoms with Crippen molar-refractivity contribution in [3.8, 4) is 5.75 Å². The van der Waals surface area contributed by atoms with Crippen LogP contribution < -0.4 is 10.6 Å². The molecule has 0 spiro atoms. The van der Waals surface area contributed by atoms with E-state index in [2.05, 4.69) is 17.6 Å². The smallest absolute Gasteiger partial charge is 0.341 e. The zero-order valence-electron chi connectivity index (χ0n) is 23.1. The van der Waals surface area contributed by atoms with E-state index in [9.17, 15) is 30.0 Å². The van der Waals surface area contributed by atoms with Crippen LogP contribution in [0, 0.1) is 5.92 Å². The number of rotatable bonds is 14. The zero-order chi connectivity index (χ0) is 29.2. The summed E-state index contributed by atoms with van der Waals surface area (Å²) in [4.78, 5) is 25.3. The van der Waals surface area contributed by atoms with Gasteiger partial charge in [0.15, 0.2) is 0 Å². The fraction of sp³-hybridized carbons (Fsp3) is 0.714. The highest BCUT2D eigenvalue weighted by atomic mass is 35.5. The fourth-order valence-corrected chi connectivity index (χ4v) is 6.33. The average Bonchev–Trinajstić information content (AvgIpc) is 3.41. The molecule has 40 heavy (non-hydrogen) atoms. The summed E-state index contributed by atoms with van der Waals surface area (Å²) in [5.41, 5.74) is -0.937. The highest BCUT2D eigenvalue weighted by Gasteiger charge is 2.48. The molecule has 0 radical (unpaired) electrons. The molecule has 2 heterocycles. The third-order valence-electron chi connectivity index (χ3n) is 7.49. The Balaban J connectivity index is 1.53. The van der Waals surface area contributed by atoms with Gasteiger partial charge in [-0.25, -0.2) is 4.79 Å². The van der Waals surface area contributed by atoms with Gasteiger partial charge < -0.3 is 40.5 Å². The summed E-state index contributed by atoms with van der Waals surface area (Å²) in [7, 11) is 0. The number of carbonyl (C=O) groups excluding carboxylic acids is 2. The molecule has 1 aromatic rings. The number of phenolic OH excluding ortho intramolecular Hbond substituents is 1. The standard InChI is InChI=1S/C28H43ClN2O8S/c1-3-4-5-6-9-17-14-19(30-15-17)26(36)31-21(16(2)29)25-23(34)22(33)24(35)28(39-25)40-13-12-38-27(37)18-10-7-8-11-20(18)32/h7-8,10-11,16-17,19,21-25,28,30,32-35H,3-6,9,12-15H2,1-2H3,(H,31,36)/t16-,17+,19-,21+,22-,23+,24+,25+,28+/m0/s1. The minimum Gasteiger partial charge on any atom is -0.507 e. The molecule has 2 saturated heterocycles. The molecule has 10 nitrogen and oxygen atoms in total. The molecule has 0 aromatic heterocycles. The van der Waals surface area contributed by atoms with E-state index in [0.717, 1.165) is 31.1 Å². The van der Waals surface area contributed by atoms with Crippen molar-refractivity contribution in [1.82, 2.24) is 10.6 Å². The monoisotopic (exact) mass is 602 g/mol. The molecular formula is C28H43ClN2O8S. The number of benzene rings is 1. The molecule has 6 N–H and O–H groups in total. The minimum atomic E-state index is -1.54. The molecule has 12 heteroatoms. The number of esters is 1. The molecule has 2 aliphatic heterocycles. The number of thioether (sulfide) groups is 1. The summed E-state index contributed by atoms with van der Waals surface area (Å²) in [6.07, 6.45) is 0.998. The predicted molar refractivity (Wildman–Crippen MR) is 153 cm³/mol. The molecule has 9 atom stereocenters. The van der Waals surface area contributed by atoms with Crippen LogP contribution in [0.5, 0.6) is 5.75 Å². The van der Waals surface area contributed by atoms with Crippen LogP contribution in [-0.4, -0.2) is 98.5 Å². The minimum absolute atomic E-state index is 0.0364. The van der Waals surface area contributed by atoms with E-state index in [0.29, 0.717) is 12.3 Å². The van der Waals surface area contributed by atoms with E-state index in [1.807, 2.05) is 0 Å². The first-order chi connectivity index (χ1) is 19.1. The number of unbranched alkanes of at least 4 members (excludes halogenated alkanes) is 3. The second-order valence-corrected chi connectivity index (χ2v) is 12.5. The Hall–Kier alpha value is -1.60. The number of phenols is 1. The summed E-state index contributed by atoms with van der Waals surface area (Å²) in [6.45, 7) is 4.56. The van der Waals surface area contributed by atoms with Crippen LogP contribution in [0.2, 0.25) is 0 Å². The van der Waals surface area contributed by atoms with Gasteiger partial charge in [-0.3, -0.25) is 4.79 Å². The number of hydrogen-bond donors (Lipinski definition) is 6. The lowest BCUT2D eigenvalue weighted by Crippen LogP contribution is -2.65. The lowest BCUT2D eigenvalue weighted by atomic mass is 9.92. The molecule has 0 saturated carbocycles. The maximum absolute atomic E-state index is 13.1. The molecule has 1 amide bonds. The molecule has 1 aromatic carbocycles. The third-order valence-corrected chi connectivity index (χ3v) is 8.88. The molecule has 0 bridgehead atoms. The van der Waals surface area contributed by atoms with Gasteiger partial charge in [0.2, 0.25) is 5.91 Å². The summed E-state index contributed by atoms with van der Waals surface area (Å²) in [5, 5.41) is 47.2. The predicted octanol–water partition coefficient (Wildman–Crippen LogP) is 2.15. The third kappa shape index (κ3) is 8.95. The van der Waals surface area contributed by atoms with Gasteiger partial charge in [0.25, 0.3) is 0 Å². The number of carbonyl (C=O) groups is 2. The molecule has 0 unspecified atom stereocenters. The number of ether oxygens (including phenoxy) is 2. The van der Waals surface area contributed by atoms with Gasteiger partial charge in [-0.05, 0) is 44.4 Å².